The maximum Gasteiger partial charge on any atom is 0.282 e. The minimum absolute atomic E-state index is 0.182. The second-order valence-electron chi connectivity index (χ2n) is 10.2. The number of rotatable bonds is 9. The van der Waals surface area contributed by atoms with Crippen LogP contribution in [0.2, 0.25) is 0 Å². The number of benzene rings is 4. The molecule has 42 heavy (non-hydrogen) atoms. The lowest BCUT2D eigenvalue weighted by Crippen LogP contribution is -2.21. The number of halogens is 1. The summed E-state index contributed by atoms with van der Waals surface area (Å²) in [5.74, 6) is 2.00. The Morgan fingerprint density at radius 1 is 0.952 bits per heavy atom. The average Bonchev–Trinajstić information content (AvgIpc) is 3.00. The highest BCUT2D eigenvalue weighted by atomic mass is 19.1. The molecule has 0 aliphatic carbocycles. The van der Waals surface area contributed by atoms with Crippen molar-refractivity contribution >= 4 is 17.1 Å². The summed E-state index contributed by atoms with van der Waals surface area (Å²) in [6.45, 7) is 6.33. The summed E-state index contributed by atoms with van der Waals surface area (Å²) in [6, 6.07) is 22.7. The fourth-order valence-corrected chi connectivity index (χ4v) is 4.78. The minimum atomic E-state index is -0.318. The standard InChI is InChI=1S/C34H32FN3O4/c1-21(2)27-18-28(22(3)17-31(27)41-5)33-37-29-11-7-6-10-26(29)34(39)38(33)36-19-24-9-8-12-30(40-4)32(24)42-20-23-13-15-25(35)16-14-23/h6-19,21H,20H2,1-5H3. The molecule has 0 aliphatic heterocycles. The van der Waals surface area contributed by atoms with Crippen LogP contribution in [-0.2, 0) is 6.61 Å². The van der Waals surface area contributed by atoms with E-state index in [1.165, 1.54) is 16.8 Å². The van der Waals surface area contributed by atoms with Crippen LogP contribution in [0.5, 0.6) is 17.2 Å². The number of fused-ring (bicyclic) bond motifs is 1. The number of aromatic nitrogens is 2. The van der Waals surface area contributed by atoms with Crippen LogP contribution in [-0.4, -0.2) is 30.1 Å². The van der Waals surface area contributed by atoms with Gasteiger partial charge in [-0.25, -0.2) is 9.37 Å². The summed E-state index contributed by atoms with van der Waals surface area (Å²) in [4.78, 5) is 18.7. The molecule has 0 atom stereocenters. The van der Waals surface area contributed by atoms with Gasteiger partial charge in [0.15, 0.2) is 17.3 Å². The molecule has 0 unspecified atom stereocenters. The zero-order chi connectivity index (χ0) is 29.8. The van der Waals surface area contributed by atoms with Crippen molar-refractivity contribution in [3.8, 4) is 28.6 Å². The van der Waals surface area contributed by atoms with Gasteiger partial charge in [-0.05, 0) is 78.1 Å². The van der Waals surface area contributed by atoms with E-state index in [9.17, 15) is 9.18 Å². The van der Waals surface area contributed by atoms with Crippen LogP contribution < -0.4 is 19.8 Å². The number of aryl methyl sites for hydroxylation is 1. The monoisotopic (exact) mass is 565 g/mol. The molecule has 214 valence electrons. The lowest BCUT2D eigenvalue weighted by molar-refractivity contribution is 0.284. The predicted octanol–water partition coefficient (Wildman–Crippen LogP) is 7.11. The number of ether oxygens (including phenoxy) is 3. The van der Waals surface area contributed by atoms with Gasteiger partial charge in [-0.2, -0.15) is 9.78 Å². The maximum atomic E-state index is 13.8. The van der Waals surface area contributed by atoms with Crippen LogP contribution in [0.3, 0.4) is 0 Å². The molecule has 0 saturated carbocycles. The van der Waals surface area contributed by atoms with Crippen LogP contribution in [0.25, 0.3) is 22.3 Å². The van der Waals surface area contributed by atoms with Gasteiger partial charge in [-0.1, -0.05) is 44.2 Å². The molecule has 0 N–H and O–H groups in total. The van der Waals surface area contributed by atoms with Gasteiger partial charge in [0, 0.05) is 11.1 Å². The fourth-order valence-electron chi connectivity index (χ4n) is 4.78. The van der Waals surface area contributed by atoms with Crippen LogP contribution in [0.4, 0.5) is 4.39 Å². The number of hydrogen-bond donors (Lipinski definition) is 0. The molecule has 1 heterocycles. The average molecular weight is 566 g/mol. The van der Waals surface area contributed by atoms with Gasteiger partial charge in [-0.15, -0.1) is 0 Å². The topological polar surface area (TPSA) is 74.9 Å². The molecule has 0 aliphatic rings. The summed E-state index contributed by atoms with van der Waals surface area (Å²) in [6.07, 6.45) is 1.56. The molecule has 0 spiro atoms. The molecule has 5 aromatic rings. The van der Waals surface area contributed by atoms with E-state index in [2.05, 4.69) is 18.9 Å². The van der Waals surface area contributed by atoms with E-state index in [1.54, 1.807) is 50.8 Å². The van der Waals surface area contributed by atoms with Crippen molar-refractivity contribution in [2.45, 2.75) is 33.3 Å². The Labute approximate surface area is 243 Å². The van der Waals surface area contributed by atoms with Crippen LogP contribution in [0, 0.1) is 12.7 Å². The summed E-state index contributed by atoms with van der Waals surface area (Å²) in [5, 5.41) is 5.11. The SMILES string of the molecule is COc1cc(C)c(-c2nc3ccccc3c(=O)n2N=Cc2cccc(OC)c2OCc2ccc(F)cc2)cc1C(C)C. The highest BCUT2D eigenvalue weighted by Gasteiger charge is 2.19. The molecular weight excluding hydrogens is 533 g/mol. The largest absolute Gasteiger partial charge is 0.496 e. The van der Waals surface area contributed by atoms with Crippen molar-refractivity contribution < 1.29 is 18.6 Å². The molecule has 4 aromatic carbocycles. The lowest BCUT2D eigenvalue weighted by atomic mass is 9.96. The Morgan fingerprint density at radius 2 is 1.69 bits per heavy atom. The van der Waals surface area contributed by atoms with Crippen molar-refractivity contribution in [1.29, 1.82) is 0 Å². The minimum Gasteiger partial charge on any atom is -0.496 e. The first kappa shape index (κ1) is 28.5. The summed E-state index contributed by atoms with van der Waals surface area (Å²) < 4.78 is 32.0. The molecular formula is C34H32FN3O4. The Kier molecular flexibility index (Phi) is 8.33. The normalized spacial score (nSPS) is 11.4. The van der Waals surface area contributed by atoms with Crippen LogP contribution >= 0.6 is 0 Å². The molecule has 7 nitrogen and oxygen atoms in total. The molecule has 8 heteroatoms. The summed E-state index contributed by atoms with van der Waals surface area (Å²) in [5.41, 5.74) is 4.33. The van der Waals surface area contributed by atoms with E-state index in [4.69, 9.17) is 19.2 Å². The zero-order valence-corrected chi connectivity index (χ0v) is 24.2. The Balaban J connectivity index is 1.65. The first-order valence-electron chi connectivity index (χ1n) is 13.6. The van der Waals surface area contributed by atoms with Crippen molar-refractivity contribution in [3.05, 3.63) is 117 Å². The van der Waals surface area contributed by atoms with E-state index in [1.807, 2.05) is 43.3 Å². The third kappa shape index (κ3) is 5.74. The number of methoxy groups -OCH3 is 2. The molecule has 1 aromatic heterocycles. The molecule has 0 amide bonds. The Bertz CT molecular complexity index is 1830. The first-order valence-corrected chi connectivity index (χ1v) is 13.6. The summed E-state index contributed by atoms with van der Waals surface area (Å²) in [7, 11) is 3.20. The Morgan fingerprint density at radius 3 is 2.40 bits per heavy atom. The fraction of sp³-hybridized carbons (Fsp3) is 0.206. The van der Waals surface area contributed by atoms with Crippen LogP contribution in [0.1, 0.15) is 42.0 Å². The second kappa shape index (κ2) is 12.3. The van der Waals surface area contributed by atoms with E-state index in [0.29, 0.717) is 33.8 Å². The van der Waals surface area contributed by atoms with Gasteiger partial charge >= 0.3 is 0 Å². The summed E-state index contributed by atoms with van der Waals surface area (Å²) >= 11 is 0. The van der Waals surface area contributed by atoms with E-state index in [-0.39, 0.29) is 23.9 Å². The maximum absolute atomic E-state index is 13.8. The van der Waals surface area contributed by atoms with Gasteiger partial charge < -0.3 is 14.2 Å². The third-order valence-corrected chi connectivity index (χ3v) is 7.03. The van der Waals surface area contributed by atoms with Gasteiger partial charge in [0.25, 0.3) is 5.56 Å². The third-order valence-electron chi connectivity index (χ3n) is 7.03. The van der Waals surface area contributed by atoms with Crippen molar-refractivity contribution in [2.24, 2.45) is 5.10 Å². The highest BCUT2D eigenvalue weighted by Crippen LogP contribution is 2.34. The smallest absolute Gasteiger partial charge is 0.282 e. The first-order chi connectivity index (χ1) is 20.3. The van der Waals surface area contributed by atoms with E-state index >= 15 is 0 Å². The quantitative estimate of drug-likeness (QED) is 0.178. The molecule has 0 bridgehead atoms. The van der Waals surface area contributed by atoms with E-state index in [0.717, 1.165) is 28.0 Å². The molecule has 0 fully saturated rings. The number of hydrogen-bond acceptors (Lipinski definition) is 6. The van der Waals surface area contributed by atoms with Crippen molar-refractivity contribution in [3.63, 3.8) is 0 Å². The molecule has 5 rings (SSSR count). The van der Waals surface area contributed by atoms with E-state index < -0.39 is 0 Å². The van der Waals surface area contributed by atoms with Gasteiger partial charge in [0.1, 0.15) is 18.2 Å². The molecule has 0 radical (unpaired) electrons. The van der Waals surface area contributed by atoms with Crippen LogP contribution in [0.15, 0.2) is 88.8 Å². The molecule has 0 saturated heterocycles. The highest BCUT2D eigenvalue weighted by molar-refractivity contribution is 5.86. The lowest BCUT2D eigenvalue weighted by Gasteiger charge is -2.17. The van der Waals surface area contributed by atoms with Gasteiger partial charge in [-0.3, -0.25) is 4.79 Å². The van der Waals surface area contributed by atoms with Gasteiger partial charge in [0.05, 0.1) is 31.3 Å². The van der Waals surface area contributed by atoms with Crippen molar-refractivity contribution in [2.75, 3.05) is 14.2 Å². The zero-order valence-electron chi connectivity index (χ0n) is 24.2. The number of para-hydroxylation sites is 2. The van der Waals surface area contributed by atoms with Gasteiger partial charge in [0.2, 0.25) is 0 Å². The second-order valence-corrected chi connectivity index (χ2v) is 10.2. The van der Waals surface area contributed by atoms with Crippen molar-refractivity contribution in [1.82, 2.24) is 9.66 Å². The predicted molar refractivity (Wildman–Crippen MR) is 164 cm³/mol. The number of nitrogens with zero attached hydrogens (tertiary/aromatic N) is 3. The Hall–Kier alpha value is -4.98.